The van der Waals surface area contributed by atoms with Crippen LogP contribution in [0.25, 0.3) is 0 Å². The maximum Gasteiger partial charge on any atom is 0.511 e. The van der Waals surface area contributed by atoms with Gasteiger partial charge in [-0.1, -0.05) is 6.07 Å². The highest BCUT2D eigenvalue weighted by Crippen LogP contribution is 2.23. The van der Waals surface area contributed by atoms with E-state index in [1.165, 1.54) is 11.3 Å². The van der Waals surface area contributed by atoms with Crippen LogP contribution in [0.2, 0.25) is 0 Å². The Morgan fingerprint density at radius 1 is 1.78 bits per heavy atom. The molecule has 0 aliphatic carbocycles. The van der Waals surface area contributed by atoms with Crippen molar-refractivity contribution in [3.63, 3.8) is 0 Å². The van der Waals surface area contributed by atoms with Crippen molar-refractivity contribution in [2.24, 2.45) is 0 Å². The summed E-state index contributed by atoms with van der Waals surface area (Å²) in [6.45, 7) is 0. The Morgan fingerprint density at radius 2 is 2.56 bits per heavy atom. The fourth-order valence-electron chi connectivity index (χ4n) is 0.536. The average Bonchev–Trinajstić information content (AvgIpc) is 2.15. The Bertz CT molecular complexity index is 195. The van der Waals surface area contributed by atoms with Gasteiger partial charge in [0.25, 0.3) is 0 Å². The Hall–Kier alpha value is -0.240. The quantitative estimate of drug-likeness (QED) is 0.673. The van der Waals surface area contributed by atoms with Gasteiger partial charge in [0.2, 0.25) is 6.16 Å². The molecule has 1 N–H and O–H groups in total. The maximum atomic E-state index is 10.2. The molecule has 0 amide bonds. The summed E-state index contributed by atoms with van der Waals surface area (Å²) in [6.07, 6.45) is 0.299. The first kappa shape index (κ1) is 6.87. The van der Waals surface area contributed by atoms with E-state index in [-0.39, 0.29) is 0 Å². The van der Waals surface area contributed by atoms with Gasteiger partial charge in [-0.2, -0.15) is 4.89 Å². The molecule has 0 aromatic carbocycles. The molecule has 1 atom stereocenters. The third kappa shape index (κ3) is 2.22. The normalized spacial score (nSPS) is 11.4. The van der Waals surface area contributed by atoms with Crippen LogP contribution < -0.4 is 0 Å². The lowest BCUT2D eigenvalue weighted by molar-refractivity contribution is 0.502. The third-order valence-electron chi connectivity index (χ3n) is 0.871. The number of hydrogen-bond acceptors (Lipinski definition) is 2. The first-order valence-electron chi connectivity index (χ1n) is 2.45. The maximum absolute atomic E-state index is 10.2. The SMILES string of the molecule is O=[P+](O)Cc1cccs1. The van der Waals surface area contributed by atoms with Crippen LogP contribution in [0.1, 0.15) is 4.88 Å². The predicted octanol–water partition coefficient (Wildman–Crippen LogP) is 1.98. The van der Waals surface area contributed by atoms with Gasteiger partial charge in [0, 0.05) is 0 Å². The lowest BCUT2D eigenvalue weighted by Gasteiger charge is -1.74. The van der Waals surface area contributed by atoms with E-state index in [1.54, 1.807) is 0 Å². The molecule has 0 aliphatic heterocycles. The van der Waals surface area contributed by atoms with Crippen LogP contribution in [0.5, 0.6) is 0 Å². The minimum atomic E-state index is -1.99. The van der Waals surface area contributed by atoms with Crippen molar-refractivity contribution >= 4 is 19.4 Å². The van der Waals surface area contributed by atoms with Gasteiger partial charge in [0.1, 0.15) is 0 Å². The van der Waals surface area contributed by atoms with E-state index < -0.39 is 8.03 Å². The van der Waals surface area contributed by atoms with Crippen molar-refractivity contribution in [3.8, 4) is 0 Å². The van der Waals surface area contributed by atoms with Gasteiger partial charge >= 0.3 is 8.03 Å². The van der Waals surface area contributed by atoms with Crippen molar-refractivity contribution in [2.75, 3.05) is 0 Å². The first-order valence-corrected chi connectivity index (χ1v) is 4.72. The van der Waals surface area contributed by atoms with Crippen LogP contribution in [-0.2, 0) is 10.7 Å². The van der Waals surface area contributed by atoms with Gasteiger partial charge in [-0.05, 0) is 16.0 Å². The van der Waals surface area contributed by atoms with Crippen LogP contribution >= 0.6 is 19.4 Å². The molecule has 4 heteroatoms. The lowest BCUT2D eigenvalue weighted by atomic mass is 10.5. The molecule has 0 saturated heterocycles. The van der Waals surface area contributed by atoms with Crippen LogP contribution in [0.3, 0.4) is 0 Å². The highest BCUT2D eigenvalue weighted by molar-refractivity contribution is 7.37. The van der Waals surface area contributed by atoms with Gasteiger partial charge in [-0.3, -0.25) is 0 Å². The summed E-state index contributed by atoms with van der Waals surface area (Å²) in [7, 11) is -1.99. The smallest absolute Gasteiger partial charge is 0.160 e. The predicted molar refractivity (Wildman–Crippen MR) is 37.8 cm³/mol. The van der Waals surface area contributed by atoms with Gasteiger partial charge in [0.05, 0.1) is 4.88 Å². The van der Waals surface area contributed by atoms with Crippen molar-refractivity contribution in [1.82, 2.24) is 0 Å². The minimum Gasteiger partial charge on any atom is -0.160 e. The summed E-state index contributed by atoms with van der Waals surface area (Å²) < 4.78 is 10.2. The second kappa shape index (κ2) is 3.06. The number of thiophene rings is 1. The Morgan fingerprint density at radius 3 is 3.00 bits per heavy atom. The molecule has 1 unspecified atom stereocenters. The van der Waals surface area contributed by atoms with E-state index >= 15 is 0 Å². The van der Waals surface area contributed by atoms with E-state index in [0.29, 0.717) is 6.16 Å². The van der Waals surface area contributed by atoms with Gasteiger partial charge < -0.3 is 0 Å². The van der Waals surface area contributed by atoms with Gasteiger partial charge in [0.15, 0.2) is 0 Å². The molecule has 1 heterocycles. The molecule has 1 rings (SSSR count). The van der Waals surface area contributed by atoms with Crippen LogP contribution in [-0.4, -0.2) is 4.89 Å². The summed E-state index contributed by atoms with van der Waals surface area (Å²) in [5.74, 6) is 0. The van der Waals surface area contributed by atoms with E-state index in [1.807, 2.05) is 17.5 Å². The van der Waals surface area contributed by atoms with Crippen LogP contribution in [0.4, 0.5) is 0 Å². The molecule has 0 aliphatic rings. The van der Waals surface area contributed by atoms with E-state index in [0.717, 1.165) is 4.88 Å². The monoisotopic (exact) mass is 161 g/mol. The Labute approximate surface area is 58.0 Å². The number of rotatable bonds is 2. The fraction of sp³-hybridized carbons (Fsp3) is 0.200. The van der Waals surface area contributed by atoms with Gasteiger partial charge in [-0.25, -0.2) is 0 Å². The van der Waals surface area contributed by atoms with Crippen LogP contribution in [0, 0.1) is 0 Å². The minimum absolute atomic E-state index is 0.299. The molecule has 1 aromatic rings. The summed E-state index contributed by atoms with van der Waals surface area (Å²) in [5, 5.41) is 1.90. The molecular weight excluding hydrogens is 155 g/mol. The second-order valence-corrected chi connectivity index (χ2v) is 3.64. The highest BCUT2D eigenvalue weighted by atomic mass is 32.1. The molecule has 0 saturated carbocycles. The zero-order valence-electron chi connectivity index (χ0n) is 4.65. The van der Waals surface area contributed by atoms with Crippen molar-refractivity contribution in [1.29, 1.82) is 0 Å². The summed E-state index contributed by atoms with van der Waals surface area (Å²) >= 11 is 1.51. The van der Waals surface area contributed by atoms with E-state index in [2.05, 4.69) is 0 Å². The second-order valence-electron chi connectivity index (χ2n) is 1.59. The topological polar surface area (TPSA) is 37.3 Å². The molecule has 1 aromatic heterocycles. The van der Waals surface area contributed by atoms with E-state index in [9.17, 15) is 4.57 Å². The molecular formula is C5H6O2PS+. The molecule has 0 bridgehead atoms. The number of hydrogen-bond donors (Lipinski definition) is 1. The van der Waals surface area contributed by atoms with Crippen molar-refractivity contribution in [3.05, 3.63) is 22.4 Å². The molecule has 2 nitrogen and oxygen atoms in total. The molecule has 9 heavy (non-hydrogen) atoms. The molecule has 0 spiro atoms. The summed E-state index contributed by atoms with van der Waals surface area (Å²) in [4.78, 5) is 9.41. The largest absolute Gasteiger partial charge is 0.511 e. The molecule has 48 valence electrons. The van der Waals surface area contributed by atoms with Crippen LogP contribution in [0.15, 0.2) is 17.5 Å². The van der Waals surface area contributed by atoms with Crippen molar-refractivity contribution in [2.45, 2.75) is 6.16 Å². The third-order valence-corrected chi connectivity index (χ3v) is 2.57. The van der Waals surface area contributed by atoms with Crippen molar-refractivity contribution < 1.29 is 9.46 Å². The Kier molecular flexibility index (Phi) is 2.34. The first-order chi connectivity index (χ1) is 4.29. The zero-order chi connectivity index (χ0) is 6.69. The summed E-state index contributed by atoms with van der Waals surface area (Å²) in [6, 6.07) is 3.73. The lowest BCUT2D eigenvalue weighted by Crippen LogP contribution is -1.67. The summed E-state index contributed by atoms with van der Waals surface area (Å²) in [5.41, 5.74) is 0. The van der Waals surface area contributed by atoms with Gasteiger partial charge in [-0.15, -0.1) is 11.3 Å². The average molecular weight is 161 g/mol. The fourth-order valence-corrected chi connectivity index (χ4v) is 2.03. The standard InChI is InChI=1S/C5H5O2PS/c6-8(7)4-5-2-1-3-9-5/h1-3H,4H2/p+1. The highest BCUT2D eigenvalue weighted by Gasteiger charge is 2.11. The van der Waals surface area contributed by atoms with E-state index in [4.69, 9.17) is 4.89 Å². The zero-order valence-corrected chi connectivity index (χ0v) is 6.36. The molecule has 0 radical (unpaired) electrons. The molecule has 0 fully saturated rings. The Balaban J connectivity index is 2.58.